The lowest BCUT2D eigenvalue weighted by atomic mass is 10.1. The van der Waals surface area contributed by atoms with Crippen molar-refractivity contribution < 1.29 is 19.3 Å². The molecule has 3 amide bonds. The molecule has 0 aliphatic carbocycles. The fourth-order valence-electron chi connectivity index (χ4n) is 3.44. The number of nitro groups is 1. The fourth-order valence-corrected chi connectivity index (χ4v) is 3.44. The van der Waals surface area contributed by atoms with Crippen LogP contribution in [0.2, 0.25) is 0 Å². The summed E-state index contributed by atoms with van der Waals surface area (Å²) in [4.78, 5) is 49.3. The number of hydrogen-bond acceptors (Lipinski definition) is 5. The predicted octanol–water partition coefficient (Wildman–Crippen LogP) is 3.95. The minimum atomic E-state index is -0.567. The van der Waals surface area contributed by atoms with Gasteiger partial charge in [-0.2, -0.15) is 0 Å². The summed E-state index contributed by atoms with van der Waals surface area (Å²) in [5.74, 6) is -1.21. The Morgan fingerprint density at radius 2 is 1.65 bits per heavy atom. The summed E-state index contributed by atoms with van der Waals surface area (Å²) in [5, 5.41) is 13.6. The van der Waals surface area contributed by atoms with Crippen molar-refractivity contribution in [3.8, 4) is 0 Å². The Labute approximate surface area is 177 Å². The lowest BCUT2D eigenvalue weighted by Crippen LogP contribution is -2.29. The zero-order valence-electron chi connectivity index (χ0n) is 16.5. The Morgan fingerprint density at radius 3 is 2.29 bits per heavy atom. The molecule has 1 aliphatic heterocycles. The first-order valence-electron chi connectivity index (χ1n) is 9.45. The van der Waals surface area contributed by atoms with Gasteiger partial charge < -0.3 is 5.32 Å². The molecule has 0 bridgehead atoms. The van der Waals surface area contributed by atoms with Crippen LogP contribution in [0.1, 0.15) is 42.2 Å². The molecule has 0 aromatic heterocycles. The number of carbonyl (C=O) groups is 3. The number of nitrogens with zero attached hydrogens (tertiary/aromatic N) is 2. The van der Waals surface area contributed by atoms with Gasteiger partial charge in [-0.15, -0.1) is 0 Å². The minimum absolute atomic E-state index is 0.0682. The molecule has 31 heavy (non-hydrogen) atoms. The number of benzene rings is 3. The van der Waals surface area contributed by atoms with Crippen molar-refractivity contribution in [2.45, 2.75) is 13.5 Å². The van der Waals surface area contributed by atoms with E-state index < -0.39 is 10.8 Å². The topological polar surface area (TPSA) is 110 Å². The highest BCUT2D eigenvalue weighted by molar-refractivity contribution is 6.21. The molecule has 0 radical (unpaired) electrons. The summed E-state index contributed by atoms with van der Waals surface area (Å²) in [7, 11) is 0. The number of imide groups is 1. The van der Waals surface area contributed by atoms with Gasteiger partial charge in [0.1, 0.15) is 0 Å². The largest absolute Gasteiger partial charge is 0.322 e. The lowest BCUT2D eigenvalue weighted by Gasteiger charge is -2.17. The normalized spacial score (nSPS) is 12.6. The monoisotopic (exact) mass is 415 g/mol. The third-order valence-electron chi connectivity index (χ3n) is 5.13. The summed E-state index contributed by atoms with van der Waals surface area (Å²) < 4.78 is 0. The number of carbonyl (C=O) groups excluding carboxylic acids is 3. The Hall–Kier alpha value is -4.33. The second-order valence-corrected chi connectivity index (χ2v) is 7.14. The third-order valence-corrected chi connectivity index (χ3v) is 5.13. The van der Waals surface area contributed by atoms with E-state index in [1.165, 1.54) is 29.2 Å². The number of nitrogens with one attached hydrogen (secondary N) is 1. The first-order chi connectivity index (χ1) is 14.8. The molecule has 3 aromatic rings. The number of aryl methyl sites for hydroxylation is 1. The fraction of sp³-hybridized carbons (Fsp3) is 0.0870. The van der Waals surface area contributed by atoms with Gasteiger partial charge in [0.25, 0.3) is 23.4 Å². The molecule has 0 spiro atoms. The van der Waals surface area contributed by atoms with Crippen molar-refractivity contribution in [3.05, 3.63) is 105 Å². The van der Waals surface area contributed by atoms with Crippen molar-refractivity contribution in [2.24, 2.45) is 0 Å². The number of amides is 3. The summed E-state index contributed by atoms with van der Waals surface area (Å²) in [6.07, 6.45) is 0. The van der Waals surface area contributed by atoms with Crippen LogP contribution >= 0.6 is 0 Å². The van der Waals surface area contributed by atoms with Gasteiger partial charge in [-0.3, -0.25) is 29.4 Å². The molecule has 1 N–H and O–H groups in total. The van der Waals surface area contributed by atoms with E-state index in [9.17, 15) is 24.5 Å². The molecule has 3 aromatic carbocycles. The van der Waals surface area contributed by atoms with Crippen LogP contribution in [-0.4, -0.2) is 27.5 Å². The average Bonchev–Trinajstić information content (AvgIpc) is 3.01. The number of hydrogen-bond donors (Lipinski definition) is 1. The molecule has 0 atom stereocenters. The van der Waals surface area contributed by atoms with Crippen molar-refractivity contribution in [3.63, 3.8) is 0 Å². The van der Waals surface area contributed by atoms with Crippen LogP contribution < -0.4 is 5.32 Å². The van der Waals surface area contributed by atoms with Gasteiger partial charge in [0.15, 0.2) is 0 Å². The zero-order chi connectivity index (χ0) is 22.1. The maximum absolute atomic E-state index is 12.6. The van der Waals surface area contributed by atoms with Crippen LogP contribution in [0.15, 0.2) is 66.7 Å². The molecule has 1 aliphatic rings. The first-order valence-corrected chi connectivity index (χ1v) is 9.45. The summed E-state index contributed by atoms with van der Waals surface area (Å²) >= 11 is 0. The van der Waals surface area contributed by atoms with Gasteiger partial charge in [0.05, 0.1) is 22.6 Å². The van der Waals surface area contributed by atoms with Crippen molar-refractivity contribution in [1.82, 2.24) is 4.90 Å². The van der Waals surface area contributed by atoms with E-state index in [0.29, 0.717) is 22.4 Å². The quantitative estimate of drug-likeness (QED) is 0.385. The molecule has 0 unspecified atom stereocenters. The van der Waals surface area contributed by atoms with Crippen LogP contribution in [0.5, 0.6) is 0 Å². The van der Waals surface area contributed by atoms with E-state index in [0.717, 1.165) is 5.56 Å². The molecule has 154 valence electrons. The highest BCUT2D eigenvalue weighted by Crippen LogP contribution is 2.26. The molecule has 0 saturated heterocycles. The Balaban J connectivity index is 1.55. The molecule has 8 nitrogen and oxygen atoms in total. The minimum Gasteiger partial charge on any atom is -0.322 e. The number of non-ortho nitro benzene ring substituents is 1. The molecule has 0 saturated carbocycles. The second kappa shape index (κ2) is 7.83. The Kier molecular flexibility index (Phi) is 5.04. The van der Waals surface area contributed by atoms with E-state index in [4.69, 9.17) is 0 Å². The van der Waals surface area contributed by atoms with Crippen molar-refractivity contribution in [2.75, 3.05) is 5.32 Å². The molecule has 8 heteroatoms. The van der Waals surface area contributed by atoms with Crippen LogP contribution in [0.4, 0.5) is 11.4 Å². The van der Waals surface area contributed by atoms with Gasteiger partial charge >= 0.3 is 0 Å². The summed E-state index contributed by atoms with van der Waals surface area (Å²) in [6, 6.07) is 17.3. The molecule has 4 rings (SSSR count). The molecule has 0 fully saturated rings. The SMILES string of the molecule is Cc1ccc(NC(=O)c2cccc([N+](=O)[O-])c2)cc1CN1C(=O)c2ccccc2C1=O. The zero-order valence-corrected chi connectivity index (χ0v) is 16.5. The van der Waals surface area contributed by atoms with Gasteiger partial charge in [0, 0.05) is 23.4 Å². The lowest BCUT2D eigenvalue weighted by molar-refractivity contribution is -0.384. The highest BCUT2D eigenvalue weighted by Gasteiger charge is 2.35. The van der Waals surface area contributed by atoms with Crippen LogP contribution in [0.3, 0.4) is 0 Å². The first kappa shape index (κ1) is 20.0. The number of anilines is 1. The van der Waals surface area contributed by atoms with E-state index in [1.54, 1.807) is 42.5 Å². The van der Waals surface area contributed by atoms with E-state index >= 15 is 0 Å². The average molecular weight is 415 g/mol. The number of rotatable bonds is 5. The number of fused-ring (bicyclic) bond motifs is 1. The van der Waals surface area contributed by atoms with Gasteiger partial charge in [-0.25, -0.2) is 0 Å². The Morgan fingerprint density at radius 1 is 0.968 bits per heavy atom. The van der Waals surface area contributed by atoms with Gasteiger partial charge in [-0.05, 0) is 48.4 Å². The van der Waals surface area contributed by atoms with E-state index in [-0.39, 0.29) is 29.6 Å². The van der Waals surface area contributed by atoms with Gasteiger partial charge in [0.2, 0.25) is 0 Å². The van der Waals surface area contributed by atoms with E-state index in [1.807, 2.05) is 6.92 Å². The second-order valence-electron chi connectivity index (χ2n) is 7.14. The summed E-state index contributed by atoms with van der Waals surface area (Å²) in [5.41, 5.74) is 2.73. The standard InChI is InChI=1S/C23H17N3O5/c1-14-9-10-17(24-21(27)15-5-4-6-18(12-15)26(30)31)11-16(14)13-25-22(28)19-7-2-3-8-20(19)23(25)29/h2-12H,13H2,1H3,(H,24,27). The van der Waals surface area contributed by atoms with Crippen LogP contribution in [-0.2, 0) is 6.54 Å². The molecule has 1 heterocycles. The maximum atomic E-state index is 12.6. The smallest absolute Gasteiger partial charge is 0.270 e. The predicted molar refractivity (Wildman–Crippen MR) is 113 cm³/mol. The summed E-state index contributed by atoms with van der Waals surface area (Å²) in [6.45, 7) is 1.92. The third kappa shape index (κ3) is 3.78. The van der Waals surface area contributed by atoms with Crippen molar-refractivity contribution >= 4 is 29.1 Å². The van der Waals surface area contributed by atoms with Crippen LogP contribution in [0.25, 0.3) is 0 Å². The van der Waals surface area contributed by atoms with Gasteiger partial charge in [-0.1, -0.05) is 24.3 Å². The highest BCUT2D eigenvalue weighted by atomic mass is 16.6. The number of nitro benzene ring substituents is 1. The van der Waals surface area contributed by atoms with Crippen molar-refractivity contribution in [1.29, 1.82) is 0 Å². The van der Waals surface area contributed by atoms with Crippen LogP contribution in [0, 0.1) is 17.0 Å². The van der Waals surface area contributed by atoms with E-state index in [2.05, 4.69) is 5.32 Å². The molecular weight excluding hydrogens is 398 g/mol. The molecular formula is C23H17N3O5. The maximum Gasteiger partial charge on any atom is 0.270 e. The Bertz CT molecular complexity index is 1220.